The molecule has 0 spiro atoms. The number of hydrogen-bond acceptors (Lipinski definition) is 3. The highest BCUT2D eigenvalue weighted by Crippen LogP contribution is 2.07. The van der Waals surface area contributed by atoms with Crippen molar-refractivity contribution in [3.05, 3.63) is 35.4 Å². The van der Waals surface area contributed by atoms with Crippen LogP contribution < -0.4 is 5.73 Å². The van der Waals surface area contributed by atoms with Crippen molar-refractivity contribution in [3.63, 3.8) is 0 Å². The van der Waals surface area contributed by atoms with Crippen molar-refractivity contribution >= 4 is 0 Å². The van der Waals surface area contributed by atoms with Gasteiger partial charge < -0.3 is 15.7 Å². The van der Waals surface area contributed by atoms with Gasteiger partial charge in [0.25, 0.3) is 0 Å². The average Bonchev–Trinajstić information content (AvgIpc) is 2.28. The maximum Gasteiger partial charge on any atom is 0.0595 e. The molecule has 0 aliphatic carbocycles. The molecule has 1 atom stereocenters. The van der Waals surface area contributed by atoms with Crippen molar-refractivity contribution in [2.45, 2.75) is 19.4 Å². The molecule has 3 heteroatoms. The molecule has 0 amide bonds. The van der Waals surface area contributed by atoms with E-state index in [1.165, 1.54) is 11.1 Å². The summed E-state index contributed by atoms with van der Waals surface area (Å²) in [5, 5.41) is 8.86. The summed E-state index contributed by atoms with van der Waals surface area (Å²) in [6.07, 6.45) is 1.03. The molecule has 3 nitrogen and oxygen atoms in total. The lowest BCUT2D eigenvalue weighted by molar-refractivity contribution is 0.222. The molecule has 0 bridgehead atoms. The van der Waals surface area contributed by atoms with Crippen LogP contribution >= 0.6 is 0 Å². The van der Waals surface area contributed by atoms with E-state index in [1.807, 2.05) is 7.05 Å². The van der Waals surface area contributed by atoms with Crippen molar-refractivity contribution in [3.8, 4) is 0 Å². The van der Waals surface area contributed by atoms with Gasteiger partial charge in [0.15, 0.2) is 0 Å². The molecule has 0 aliphatic rings. The first-order valence-corrected chi connectivity index (χ1v) is 5.73. The molecule has 3 N–H and O–H groups in total. The zero-order chi connectivity index (χ0) is 12.0. The van der Waals surface area contributed by atoms with E-state index in [-0.39, 0.29) is 12.6 Å². The fraction of sp³-hybridized carbons (Fsp3) is 0.538. The summed E-state index contributed by atoms with van der Waals surface area (Å²) >= 11 is 0. The minimum Gasteiger partial charge on any atom is -0.395 e. The minimum absolute atomic E-state index is 0.0503. The molecule has 1 rings (SSSR count). The fourth-order valence-corrected chi connectivity index (χ4v) is 1.75. The standard InChI is InChI=1S/C13H22N2O/c1-11-5-3-4-6-12(11)7-8-15(2)9-13(14)10-16/h3-6,13,16H,7-10,14H2,1-2H3. The van der Waals surface area contributed by atoms with Crippen molar-refractivity contribution in [1.29, 1.82) is 0 Å². The predicted molar refractivity (Wildman–Crippen MR) is 67.4 cm³/mol. The number of hydrogen-bond donors (Lipinski definition) is 2. The van der Waals surface area contributed by atoms with Crippen molar-refractivity contribution < 1.29 is 5.11 Å². The lowest BCUT2D eigenvalue weighted by Gasteiger charge is -2.20. The van der Waals surface area contributed by atoms with Gasteiger partial charge in [-0.2, -0.15) is 0 Å². The molecule has 1 aromatic rings. The van der Waals surface area contributed by atoms with Crippen LogP contribution in [0.4, 0.5) is 0 Å². The quantitative estimate of drug-likeness (QED) is 0.748. The third-order valence-electron chi connectivity index (χ3n) is 2.80. The number of nitrogens with zero attached hydrogens (tertiary/aromatic N) is 1. The van der Waals surface area contributed by atoms with Gasteiger partial charge in [0.1, 0.15) is 0 Å². The highest BCUT2D eigenvalue weighted by Gasteiger charge is 2.06. The number of aryl methyl sites for hydroxylation is 1. The number of likely N-dealkylation sites (N-methyl/N-ethyl adjacent to an activating group) is 1. The van der Waals surface area contributed by atoms with Gasteiger partial charge in [-0.15, -0.1) is 0 Å². The molecule has 16 heavy (non-hydrogen) atoms. The van der Waals surface area contributed by atoms with Crippen LogP contribution in [0, 0.1) is 6.92 Å². The van der Waals surface area contributed by atoms with Gasteiger partial charge >= 0.3 is 0 Å². The number of benzene rings is 1. The molecular formula is C13H22N2O. The molecule has 0 fully saturated rings. The van der Waals surface area contributed by atoms with Gasteiger partial charge in [-0.05, 0) is 31.5 Å². The van der Waals surface area contributed by atoms with Crippen LogP contribution in [0.2, 0.25) is 0 Å². The summed E-state index contributed by atoms with van der Waals surface area (Å²) in [6.45, 7) is 3.89. The fourth-order valence-electron chi connectivity index (χ4n) is 1.75. The van der Waals surface area contributed by atoms with E-state index >= 15 is 0 Å². The van der Waals surface area contributed by atoms with Crippen LogP contribution in [-0.4, -0.2) is 42.8 Å². The molecule has 0 aliphatic heterocycles. The summed E-state index contributed by atoms with van der Waals surface area (Å²) in [4.78, 5) is 2.16. The first kappa shape index (κ1) is 13.2. The van der Waals surface area contributed by atoms with E-state index in [2.05, 4.69) is 36.1 Å². The molecule has 1 unspecified atom stereocenters. The molecular weight excluding hydrogens is 200 g/mol. The predicted octanol–water partition coefficient (Wildman–Crippen LogP) is 0.789. The monoisotopic (exact) mass is 222 g/mol. The van der Waals surface area contributed by atoms with Crippen molar-refractivity contribution in [1.82, 2.24) is 4.90 Å². The van der Waals surface area contributed by atoms with Crippen molar-refractivity contribution in [2.75, 3.05) is 26.7 Å². The van der Waals surface area contributed by atoms with E-state index in [0.717, 1.165) is 19.5 Å². The van der Waals surface area contributed by atoms with E-state index < -0.39 is 0 Å². The van der Waals surface area contributed by atoms with E-state index in [9.17, 15) is 0 Å². The van der Waals surface area contributed by atoms with Crippen LogP contribution in [0.15, 0.2) is 24.3 Å². The van der Waals surface area contributed by atoms with Crippen LogP contribution in [-0.2, 0) is 6.42 Å². The smallest absolute Gasteiger partial charge is 0.0595 e. The maximum atomic E-state index is 8.86. The topological polar surface area (TPSA) is 49.5 Å². The first-order valence-electron chi connectivity index (χ1n) is 5.73. The van der Waals surface area contributed by atoms with Crippen LogP contribution in [0.3, 0.4) is 0 Å². The van der Waals surface area contributed by atoms with E-state index in [0.29, 0.717) is 0 Å². The summed E-state index contributed by atoms with van der Waals surface area (Å²) in [7, 11) is 2.04. The Morgan fingerprint density at radius 3 is 2.69 bits per heavy atom. The largest absolute Gasteiger partial charge is 0.395 e. The zero-order valence-electron chi connectivity index (χ0n) is 10.2. The van der Waals surface area contributed by atoms with Gasteiger partial charge in [0.05, 0.1) is 6.61 Å². The van der Waals surface area contributed by atoms with Crippen LogP contribution in [0.25, 0.3) is 0 Å². The summed E-state index contributed by atoms with van der Waals surface area (Å²) in [6, 6.07) is 8.29. The van der Waals surface area contributed by atoms with Gasteiger partial charge in [-0.3, -0.25) is 0 Å². The second-order valence-corrected chi connectivity index (χ2v) is 4.38. The van der Waals surface area contributed by atoms with Gasteiger partial charge in [0, 0.05) is 19.1 Å². The van der Waals surface area contributed by atoms with Gasteiger partial charge in [0.2, 0.25) is 0 Å². The highest BCUT2D eigenvalue weighted by atomic mass is 16.3. The Kier molecular flexibility index (Phi) is 5.46. The Morgan fingerprint density at radius 2 is 2.06 bits per heavy atom. The molecule has 0 radical (unpaired) electrons. The number of aliphatic hydroxyl groups excluding tert-OH is 1. The Hall–Kier alpha value is -0.900. The van der Waals surface area contributed by atoms with Crippen molar-refractivity contribution in [2.24, 2.45) is 5.73 Å². The molecule has 0 saturated carbocycles. The van der Waals surface area contributed by atoms with Gasteiger partial charge in [-0.25, -0.2) is 0 Å². The first-order chi connectivity index (χ1) is 7.63. The molecule has 0 aromatic heterocycles. The molecule has 90 valence electrons. The Bertz CT molecular complexity index is 315. The average molecular weight is 222 g/mol. The molecule has 0 saturated heterocycles. The minimum atomic E-state index is -0.137. The normalized spacial score (nSPS) is 13.1. The number of aliphatic hydroxyl groups is 1. The molecule has 1 aromatic carbocycles. The van der Waals surface area contributed by atoms with E-state index in [4.69, 9.17) is 10.8 Å². The molecule has 0 heterocycles. The zero-order valence-corrected chi connectivity index (χ0v) is 10.2. The summed E-state index contributed by atoms with van der Waals surface area (Å²) < 4.78 is 0. The Balaban J connectivity index is 2.37. The summed E-state index contributed by atoms with van der Waals surface area (Å²) in [5.41, 5.74) is 8.40. The number of nitrogens with two attached hydrogens (primary N) is 1. The lowest BCUT2D eigenvalue weighted by atomic mass is 10.1. The van der Waals surface area contributed by atoms with Gasteiger partial charge in [-0.1, -0.05) is 24.3 Å². The lowest BCUT2D eigenvalue weighted by Crippen LogP contribution is -2.38. The second-order valence-electron chi connectivity index (χ2n) is 4.38. The third-order valence-corrected chi connectivity index (χ3v) is 2.80. The van der Waals surface area contributed by atoms with E-state index in [1.54, 1.807) is 0 Å². The second kappa shape index (κ2) is 6.63. The Morgan fingerprint density at radius 1 is 1.38 bits per heavy atom. The van der Waals surface area contributed by atoms with Crippen LogP contribution in [0.5, 0.6) is 0 Å². The highest BCUT2D eigenvalue weighted by molar-refractivity contribution is 5.25. The summed E-state index contributed by atoms with van der Waals surface area (Å²) in [5.74, 6) is 0. The number of rotatable bonds is 6. The third kappa shape index (κ3) is 4.31. The SMILES string of the molecule is Cc1ccccc1CCN(C)CC(N)CO. The van der Waals surface area contributed by atoms with Crippen LogP contribution in [0.1, 0.15) is 11.1 Å². The Labute approximate surface area is 97.9 Å². The maximum absolute atomic E-state index is 8.86.